The van der Waals surface area contributed by atoms with Gasteiger partial charge in [0.2, 0.25) is 5.78 Å². The zero-order chi connectivity index (χ0) is 22.5. The molecule has 2 N–H and O–H groups in total. The molecule has 0 heterocycles. The molecule has 1 aromatic carbocycles. The summed E-state index contributed by atoms with van der Waals surface area (Å²) in [5.74, 6) is 0.140. The summed E-state index contributed by atoms with van der Waals surface area (Å²) >= 11 is 0. The minimum atomic E-state index is -0.248. The van der Waals surface area contributed by atoms with Crippen molar-refractivity contribution in [3.8, 4) is 6.07 Å². The van der Waals surface area contributed by atoms with Crippen LogP contribution in [0.3, 0.4) is 0 Å². The summed E-state index contributed by atoms with van der Waals surface area (Å²) in [4.78, 5) is 16.5. The Kier molecular flexibility index (Phi) is 9.37. The minimum absolute atomic E-state index is 0.248. The first kappa shape index (κ1) is 23.2. The Hall–Kier alpha value is -4.05. The molecule has 0 saturated heterocycles. The summed E-state index contributed by atoms with van der Waals surface area (Å²) in [6.07, 6.45) is 11.6. The summed E-state index contributed by atoms with van der Waals surface area (Å²) in [5.41, 5.74) is 6.44. The van der Waals surface area contributed by atoms with E-state index >= 15 is 0 Å². The van der Waals surface area contributed by atoms with Crippen molar-refractivity contribution in [3.63, 3.8) is 0 Å². The second-order valence-electron chi connectivity index (χ2n) is 6.54. The second kappa shape index (κ2) is 12.5. The fraction of sp³-hybridized carbons (Fsp3) is 0.208. The van der Waals surface area contributed by atoms with Gasteiger partial charge in [0.25, 0.3) is 0 Å². The van der Waals surface area contributed by atoms with Crippen LogP contribution in [-0.4, -0.2) is 30.5 Å². The van der Waals surface area contributed by atoms with Crippen molar-refractivity contribution >= 4 is 29.6 Å². The number of ether oxygens (including phenoxy) is 1. The molecule has 7 nitrogen and oxygen atoms in total. The maximum Gasteiger partial charge on any atom is 0.201 e. The minimum Gasteiger partial charge on any atom is -0.491 e. The van der Waals surface area contributed by atoms with Gasteiger partial charge in [-0.3, -0.25) is 15.2 Å². The van der Waals surface area contributed by atoms with Crippen LogP contribution >= 0.6 is 0 Å². The Morgan fingerprint density at radius 1 is 1.39 bits per heavy atom. The fourth-order valence-electron chi connectivity index (χ4n) is 2.77. The van der Waals surface area contributed by atoms with E-state index in [-0.39, 0.29) is 5.78 Å². The Labute approximate surface area is 182 Å². The highest BCUT2D eigenvalue weighted by Crippen LogP contribution is 2.20. The molecular weight excluding hydrogens is 390 g/mol. The lowest BCUT2D eigenvalue weighted by Gasteiger charge is -2.12. The van der Waals surface area contributed by atoms with Gasteiger partial charge in [-0.05, 0) is 55.7 Å². The van der Waals surface area contributed by atoms with Crippen LogP contribution < -0.4 is 5.43 Å². The molecule has 0 amide bonds. The number of nitriles is 1. The number of anilines is 1. The average Bonchev–Trinajstić information content (AvgIpc) is 2.81. The number of hydrogen-bond acceptors (Lipinski definition) is 7. The van der Waals surface area contributed by atoms with Crippen molar-refractivity contribution in [1.82, 2.24) is 0 Å². The second-order valence-corrected chi connectivity index (χ2v) is 6.54. The molecule has 0 unspecified atom stereocenters. The van der Waals surface area contributed by atoms with E-state index in [1.807, 2.05) is 13.0 Å². The summed E-state index contributed by atoms with van der Waals surface area (Å²) < 4.78 is 5.25. The SMILES string of the molecule is C=CC(=O)/C(CC1=CC(C=N/C=C(\C=N)OCC)=CCC1)=N\Nc1ccc(C#N)cc1. The number of aliphatic imine (C=N–C) groups is 1. The standard InChI is InChI=1S/C24H25N5O2/c1-3-24(30)23(29-28-21-10-8-18(14-25)9-11-21)13-19-6-5-7-20(12-19)16-27-17-22(15-26)31-4-2/h3,7-12,15-17,26,28H,1,4-6,13H2,2H3/b22-17+,26-15?,27-16?,29-23-. The van der Waals surface area contributed by atoms with Crippen molar-refractivity contribution in [1.29, 1.82) is 10.7 Å². The first-order chi connectivity index (χ1) is 15.1. The zero-order valence-electron chi connectivity index (χ0n) is 17.5. The quantitative estimate of drug-likeness (QED) is 0.236. The number of ketones is 1. The van der Waals surface area contributed by atoms with Crippen molar-refractivity contribution in [2.45, 2.75) is 26.2 Å². The fourth-order valence-corrected chi connectivity index (χ4v) is 2.77. The maximum absolute atomic E-state index is 12.3. The van der Waals surface area contributed by atoms with E-state index in [2.05, 4.69) is 34.2 Å². The monoisotopic (exact) mass is 415 g/mol. The van der Waals surface area contributed by atoms with Crippen molar-refractivity contribution in [3.05, 3.63) is 77.7 Å². The van der Waals surface area contributed by atoms with Gasteiger partial charge in [0.15, 0.2) is 5.76 Å². The average molecular weight is 415 g/mol. The molecule has 0 bridgehead atoms. The van der Waals surface area contributed by atoms with E-state index in [9.17, 15) is 4.79 Å². The number of benzene rings is 1. The predicted molar refractivity (Wildman–Crippen MR) is 124 cm³/mol. The van der Waals surface area contributed by atoms with Crippen molar-refractivity contribution in [2.75, 3.05) is 12.0 Å². The van der Waals surface area contributed by atoms with Crippen LogP contribution in [0, 0.1) is 16.7 Å². The first-order valence-electron chi connectivity index (χ1n) is 9.85. The van der Waals surface area contributed by atoms with Crippen LogP contribution in [0.2, 0.25) is 0 Å². The van der Waals surface area contributed by atoms with Gasteiger partial charge in [0, 0.05) is 12.6 Å². The number of carbonyl (C=O) groups excluding carboxylic acids is 1. The Morgan fingerprint density at radius 3 is 2.81 bits per heavy atom. The normalized spacial score (nSPS) is 14.3. The molecule has 0 spiro atoms. The predicted octanol–water partition coefficient (Wildman–Crippen LogP) is 4.72. The summed E-state index contributed by atoms with van der Waals surface area (Å²) in [5, 5.41) is 20.4. The van der Waals surface area contributed by atoms with E-state index in [0.29, 0.717) is 35.7 Å². The van der Waals surface area contributed by atoms with Crippen LogP contribution in [0.25, 0.3) is 0 Å². The molecular formula is C24H25N5O2. The molecule has 0 radical (unpaired) electrons. The summed E-state index contributed by atoms with van der Waals surface area (Å²) in [6.45, 7) is 5.88. The molecule has 0 saturated carbocycles. The summed E-state index contributed by atoms with van der Waals surface area (Å²) in [6, 6.07) is 8.87. The van der Waals surface area contributed by atoms with E-state index in [1.54, 1.807) is 30.5 Å². The van der Waals surface area contributed by atoms with Crippen molar-refractivity contribution < 1.29 is 9.53 Å². The molecule has 0 atom stereocenters. The lowest BCUT2D eigenvalue weighted by Crippen LogP contribution is -2.15. The van der Waals surface area contributed by atoms with Gasteiger partial charge < -0.3 is 10.1 Å². The third-order valence-electron chi connectivity index (χ3n) is 4.29. The van der Waals surface area contributed by atoms with Crippen LogP contribution in [-0.2, 0) is 9.53 Å². The third kappa shape index (κ3) is 7.71. The number of allylic oxidation sites excluding steroid dienone is 6. The molecule has 0 fully saturated rings. The van der Waals surface area contributed by atoms with E-state index < -0.39 is 0 Å². The van der Waals surface area contributed by atoms with Gasteiger partial charge >= 0.3 is 0 Å². The smallest absolute Gasteiger partial charge is 0.201 e. The van der Waals surface area contributed by atoms with Gasteiger partial charge in [0.05, 0.1) is 36.3 Å². The number of nitrogens with one attached hydrogen (secondary N) is 2. The topological polar surface area (TPSA) is 111 Å². The van der Waals surface area contributed by atoms with E-state index in [4.69, 9.17) is 15.4 Å². The first-order valence-corrected chi connectivity index (χ1v) is 9.85. The third-order valence-corrected chi connectivity index (χ3v) is 4.29. The summed E-state index contributed by atoms with van der Waals surface area (Å²) in [7, 11) is 0. The lowest BCUT2D eigenvalue weighted by atomic mass is 9.94. The highest BCUT2D eigenvalue weighted by Gasteiger charge is 2.13. The maximum atomic E-state index is 12.3. The molecule has 0 aliphatic heterocycles. The highest BCUT2D eigenvalue weighted by atomic mass is 16.5. The number of hydrazone groups is 1. The lowest BCUT2D eigenvalue weighted by molar-refractivity contribution is -0.109. The van der Waals surface area contributed by atoms with Crippen LogP contribution in [0.1, 0.15) is 31.7 Å². The van der Waals surface area contributed by atoms with E-state index in [1.165, 1.54) is 12.3 Å². The van der Waals surface area contributed by atoms with Crippen molar-refractivity contribution in [2.24, 2.45) is 10.1 Å². The highest BCUT2D eigenvalue weighted by molar-refractivity contribution is 6.44. The molecule has 2 rings (SSSR count). The van der Waals surface area contributed by atoms with Crippen LogP contribution in [0.4, 0.5) is 5.69 Å². The zero-order valence-corrected chi connectivity index (χ0v) is 17.5. The van der Waals surface area contributed by atoms with Crippen LogP contribution in [0.5, 0.6) is 0 Å². The molecule has 7 heteroatoms. The van der Waals surface area contributed by atoms with Gasteiger partial charge in [-0.15, -0.1) is 0 Å². The van der Waals surface area contributed by atoms with Gasteiger partial charge in [-0.2, -0.15) is 10.4 Å². The van der Waals surface area contributed by atoms with E-state index in [0.717, 1.165) is 30.2 Å². The molecule has 0 aromatic heterocycles. The Morgan fingerprint density at radius 2 is 2.16 bits per heavy atom. The number of nitrogens with zero attached hydrogens (tertiary/aromatic N) is 3. The molecule has 1 aliphatic carbocycles. The Bertz CT molecular complexity index is 1010. The number of carbonyl (C=O) groups is 1. The molecule has 31 heavy (non-hydrogen) atoms. The largest absolute Gasteiger partial charge is 0.491 e. The van der Waals surface area contributed by atoms with Gasteiger partial charge in [0.1, 0.15) is 5.71 Å². The molecule has 1 aromatic rings. The van der Waals surface area contributed by atoms with Gasteiger partial charge in [-0.25, -0.2) is 0 Å². The molecule has 1 aliphatic rings. The van der Waals surface area contributed by atoms with Crippen LogP contribution in [0.15, 0.2) is 82.3 Å². The molecule has 158 valence electrons. The number of rotatable bonds is 11. The van der Waals surface area contributed by atoms with Gasteiger partial charge in [-0.1, -0.05) is 24.3 Å². The Balaban J connectivity index is 2.12. The number of hydrogen-bond donors (Lipinski definition) is 2.